The Labute approximate surface area is 113 Å². The van der Waals surface area contributed by atoms with E-state index in [0.29, 0.717) is 24.3 Å². The number of benzene rings is 1. The van der Waals surface area contributed by atoms with Gasteiger partial charge in [-0.05, 0) is 23.5 Å². The summed E-state index contributed by atoms with van der Waals surface area (Å²) in [6, 6.07) is 6.37. The quantitative estimate of drug-likeness (QED) is 0.829. The van der Waals surface area contributed by atoms with Crippen molar-refractivity contribution in [2.75, 3.05) is 0 Å². The van der Waals surface area contributed by atoms with Crippen molar-refractivity contribution in [3.63, 3.8) is 0 Å². The summed E-state index contributed by atoms with van der Waals surface area (Å²) in [6.07, 6.45) is 1.04. The zero-order valence-electron chi connectivity index (χ0n) is 11.6. The predicted octanol–water partition coefficient (Wildman–Crippen LogP) is 2.85. The molecule has 0 aromatic heterocycles. The lowest BCUT2D eigenvalue weighted by Crippen LogP contribution is -2.33. The molecule has 1 aromatic carbocycles. The second-order valence-electron chi connectivity index (χ2n) is 4.91. The molecule has 4 nitrogen and oxygen atoms in total. The molecule has 1 aromatic rings. The summed E-state index contributed by atoms with van der Waals surface area (Å²) in [6.45, 7) is 6.03. The highest BCUT2D eigenvalue weighted by Gasteiger charge is 2.21. The average Bonchev–Trinajstić information content (AvgIpc) is 2.36. The summed E-state index contributed by atoms with van der Waals surface area (Å²) >= 11 is 0. The van der Waals surface area contributed by atoms with Gasteiger partial charge < -0.3 is 10.4 Å². The second kappa shape index (κ2) is 6.92. The monoisotopic (exact) mass is 263 g/mol. The van der Waals surface area contributed by atoms with E-state index in [1.807, 2.05) is 19.1 Å². The number of carboxylic acids is 1. The van der Waals surface area contributed by atoms with Crippen LogP contribution in [0.3, 0.4) is 0 Å². The second-order valence-corrected chi connectivity index (χ2v) is 4.91. The number of nitrogens with one attached hydrogen (secondary N) is 1. The molecule has 0 aliphatic heterocycles. The number of rotatable bonds is 6. The van der Waals surface area contributed by atoms with E-state index in [0.717, 1.165) is 5.56 Å². The van der Waals surface area contributed by atoms with Gasteiger partial charge in [0.05, 0.1) is 0 Å². The lowest BCUT2D eigenvalue weighted by Gasteiger charge is -2.15. The third-order valence-corrected chi connectivity index (χ3v) is 2.97. The fourth-order valence-electron chi connectivity index (χ4n) is 1.82. The van der Waals surface area contributed by atoms with Crippen LogP contribution < -0.4 is 5.32 Å². The van der Waals surface area contributed by atoms with Crippen LogP contribution in [0.15, 0.2) is 24.3 Å². The number of carboxylic acid groups (broad SMARTS) is 1. The highest BCUT2D eigenvalue weighted by molar-refractivity contribution is 5.84. The van der Waals surface area contributed by atoms with Crippen LogP contribution in [-0.4, -0.2) is 17.0 Å². The van der Waals surface area contributed by atoms with Crippen molar-refractivity contribution >= 4 is 11.9 Å². The number of hydrogen-bond acceptors (Lipinski definition) is 2. The lowest BCUT2D eigenvalue weighted by atomic mass is 9.99. The molecule has 1 amide bonds. The summed E-state index contributed by atoms with van der Waals surface area (Å²) in [5.41, 5.74) is 1.74. The Morgan fingerprint density at radius 2 is 1.68 bits per heavy atom. The van der Waals surface area contributed by atoms with Gasteiger partial charge in [0.2, 0.25) is 5.91 Å². The maximum Gasteiger partial charge on any atom is 0.330 e. The van der Waals surface area contributed by atoms with Crippen LogP contribution in [0.25, 0.3) is 0 Å². The zero-order valence-corrected chi connectivity index (χ0v) is 11.6. The number of amides is 1. The van der Waals surface area contributed by atoms with E-state index in [9.17, 15) is 14.7 Å². The Hall–Kier alpha value is -1.84. The van der Waals surface area contributed by atoms with Crippen molar-refractivity contribution in [3.8, 4) is 0 Å². The van der Waals surface area contributed by atoms with E-state index < -0.39 is 12.0 Å². The Morgan fingerprint density at radius 1 is 1.16 bits per heavy atom. The van der Waals surface area contributed by atoms with Crippen LogP contribution in [-0.2, 0) is 9.59 Å². The van der Waals surface area contributed by atoms with E-state index >= 15 is 0 Å². The summed E-state index contributed by atoms with van der Waals surface area (Å²) in [5, 5.41) is 11.8. The topological polar surface area (TPSA) is 66.4 Å². The SMILES string of the molecule is CCCC(=O)NC(C(=O)O)c1ccc(C(C)C)cc1. The molecule has 0 bridgehead atoms. The van der Waals surface area contributed by atoms with E-state index in [2.05, 4.69) is 19.2 Å². The minimum atomic E-state index is -1.04. The highest BCUT2D eigenvalue weighted by atomic mass is 16.4. The van der Waals surface area contributed by atoms with Crippen LogP contribution in [0.1, 0.15) is 56.7 Å². The van der Waals surface area contributed by atoms with Crippen molar-refractivity contribution in [2.24, 2.45) is 0 Å². The fourth-order valence-corrected chi connectivity index (χ4v) is 1.82. The van der Waals surface area contributed by atoms with Gasteiger partial charge in [0.25, 0.3) is 0 Å². The van der Waals surface area contributed by atoms with Crippen LogP contribution in [0, 0.1) is 0 Å². The standard InChI is InChI=1S/C15H21NO3/c1-4-5-13(17)16-14(15(18)19)12-8-6-11(7-9-12)10(2)3/h6-10,14H,4-5H2,1-3H3,(H,16,17)(H,18,19). The fraction of sp³-hybridized carbons (Fsp3) is 0.467. The van der Waals surface area contributed by atoms with Gasteiger partial charge in [-0.25, -0.2) is 4.79 Å². The molecule has 0 aliphatic carbocycles. The largest absolute Gasteiger partial charge is 0.479 e. The van der Waals surface area contributed by atoms with Crippen LogP contribution in [0.5, 0.6) is 0 Å². The van der Waals surface area contributed by atoms with Gasteiger partial charge in [-0.1, -0.05) is 45.0 Å². The summed E-state index contributed by atoms with van der Waals surface area (Å²) in [5.74, 6) is -0.878. The van der Waals surface area contributed by atoms with Gasteiger partial charge >= 0.3 is 5.97 Å². The van der Waals surface area contributed by atoms with Crippen LogP contribution in [0.4, 0.5) is 0 Å². The Bertz CT molecular complexity index is 437. The molecular weight excluding hydrogens is 242 g/mol. The van der Waals surface area contributed by atoms with Crippen LogP contribution in [0.2, 0.25) is 0 Å². The predicted molar refractivity (Wildman–Crippen MR) is 74.0 cm³/mol. The number of hydrogen-bond donors (Lipinski definition) is 2. The molecule has 0 spiro atoms. The molecule has 1 atom stereocenters. The van der Waals surface area contributed by atoms with Gasteiger partial charge in [0.1, 0.15) is 0 Å². The first-order chi connectivity index (χ1) is 8.95. The lowest BCUT2D eigenvalue weighted by molar-refractivity contribution is -0.142. The molecule has 0 aliphatic rings. The molecule has 1 rings (SSSR count). The number of carbonyl (C=O) groups is 2. The van der Waals surface area contributed by atoms with Gasteiger partial charge in [0, 0.05) is 6.42 Å². The third kappa shape index (κ3) is 4.39. The van der Waals surface area contributed by atoms with Crippen molar-refractivity contribution in [3.05, 3.63) is 35.4 Å². The smallest absolute Gasteiger partial charge is 0.330 e. The molecule has 0 saturated heterocycles. The highest BCUT2D eigenvalue weighted by Crippen LogP contribution is 2.19. The van der Waals surface area contributed by atoms with E-state index in [1.165, 1.54) is 0 Å². The molecule has 2 N–H and O–H groups in total. The minimum Gasteiger partial charge on any atom is -0.479 e. The molecule has 4 heteroatoms. The maximum atomic E-state index is 11.5. The first kappa shape index (κ1) is 15.2. The van der Waals surface area contributed by atoms with Gasteiger partial charge in [-0.3, -0.25) is 4.79 Å². The maximum absolute atomic E-state index is 11.5. The van der Waals surface area contributed by atoms with Crippen LogP contribution >= 0.6 is 0 Å². The zero-order chi connectivity index (χ0) is 14.4. The number of aliphatic carboxylic acids is 1. The van der Waals surface area contributed by atoms with Crippen molar-refractivity contribution in [2.45, 2.75) is 45.6 Å². The Kier molecular flexibility index (Phi) is 5.55. The van der Waals surface area contributed by atoms with Gasteiger partial charge in [-0.15, -0.1) is 0 Å². The van der Waals surface area contributed by atoms with Crippen molar-refractivity contribution in [1.29, 1.82) is 0 Å². The first-order valence-corrected chi connectivity index (χ1v) is 6.57. The summed E-state index contributed by atoms with van der Waals surface area (Å²) in [7, 11) is 0. The normalized spacial score (nSPS) is 12.2. The average molecular weight is 263 g/mol. The van der Waals surface area contributed by atoms with Crippen molar-refractivity contribution in [1.82, 2.24) is 5.32 Å². The molecule has 0 radical (unpaired) electrons. The third-order valence-electron chi connectivity index (χ3n) is 2.97. The Balaban J connectivity index is 2.87. The first-order valence-electron chi connectivity index (χ1n) is 6.57. The molecular formula is C15H21NO3. The molecule has 0 heterocycles. The Morgan fingerprint density at radius 3 is 2.11 bits per heavy atom. The van der Waals surface area contributed by atoms with Gasteiger partial charge in [-0.2, -0.15) is 0 Å². The molecule has 104 valence electrons. The molecule has 1 unspecified atom stereocenters. The minimum absolute atomic E-state index is 0.233. The molecule has 19 heavy (non-hydrogen) atoms. The molecule has 0 saturated carbocycles. The van der Waals surface area contributed by atoms with E-state index in [-0.39, 0.29) is 5.91 Å². The summed E-state index contributed by atoms with van der Waals surface area (Å²) < 4.78 is 0. The van der Waals surface area contributed by atoms with E-state index in [4.69, 9.17) is 0 Å². The van der Waals surface area contributed by atoms with Gasteiger partial charge in [0.15, 0.2) is 6.04 Å². The van der Waals surface area contributed by atoms with E-state index in [1.54, 1.807) is 12.1 Å². The summed E-state index contributed by atoms with van der Waals surface area (Å²) in [4.78, 5) is 22.8. The number of carbonyl (C=O) groups excluding carboxylic acids is 1. The van der Waals surface area contributed by atoms with Crippen molar-refractivity contribution < 1.29 is 14.7 Å². The molecule has 0 fully saturated rings.